The van der Waals surface area contributed by atoms with Gasteiger partial charge in [0.1, 0.15) is 0 Å². The van der Waals surface area contributed by atoms with Gasteiger partial charge in [0.2, 0.25) is 5.91 Å². The van der Waals surface area contributed by atoms with Gasteiger partial charge in [-0.25, -0.2) is 4.79 Å². The van der Waals surface area contributed by atoms with E-state index in [0.29, 0.717) is 19.6 Å². The highest BCUT2D eigenvalue weighted by atomic mass is 16.2. The first kappa shape index (κ1) is 20.8. The molecule has 1 saturated heterocycles. The van der Waals surface area contributed by atoms with Gasteiger partial charge in [-0.3, -0.25) is 9.78 Å². The normalized spacial score (nSPS) is 18.9. The molecule has 0 spiro atoms. The molecule has 6 nitrogen and oxygen atoms in total. The van der Waals surface area contributed by atoms with Gasteiger partial charge in [-0.15, -0.1) is 0 Å². The number of amides is 3. The highest BCUT2D eigenvalue weighted by Gasteiger charge is 2.35. The summed E-state index contributed by atoms with van der Waals surface area (Å²) in [6.45, 7) is 3.64. The Morgan fingerprint density at radius 2 is 1.93 bits per heavy atom. The SMILES string of the molecule is CCCCNC(=O)N1C[C@@H](C(=O)NCc2cccnc2)CC[C@@H]1c1ccccc1. The minimum Gasteiger partial charge on any atom is -0.352 e. The Morgan fingerprint density at radius 3 is 2.66 bits per heavy atom. The number of hydrogen-bond acceptors (Lipinski definition) is 3. The molecule has 0 aliphatic carbocycles. The second kappa shape index (κ2) is 10.6. The number of likely N-dealkylation sites (tertiary alicyclic amines) is 1. The van der Waals surface area contributed by atoms with Gasteiger partial charge in [-0.1, -0.05) is 49.7 Å². The molecule has 154 valence electrons. The molecule has 6 heteroatoms. The number of rotatable bonds is 7. The Labute approximate surface area is 172 Å². The zero-order valence-electron chi connectivity index (χ0n) is 17.0. The maximum absolute atomic E-state index is 12.9. The van der Waals surface area contributed by atoms with Crippen molar-refractivity contribution in [1.82, 2.24) is 20.5 Å². The molecule has 0 unspecified atom stereocenters. The molecule has 1 aromatic carbocycles. The average Bonchev–Trinajstić information content (AvgIpc) is 2.78. The van der Waals surface area contributed by atoms with Gasteiger partial charge in [-0.05, 0) is 36.5 Å². The molecule has 0 radical (unpaired) electrons. The number of benzene rings is 1. The van der Waals surface area contributed by atoms with Crippen LogP contribution in [0.15, 0.2) is 54.9 Å². The molecule has 2 aromatic rings. The smallest absolute Gasteiger partial charge is 0.317 e. The van der Waals surface area contributed by atoms with E-state index >= 15 is 0 Å². The molecule has 1 aliphatic heterocycles. The van der Waals surface area contributed by atoms with E-state index in [9.17, 15) is 9.59 Å². The van der Waals surface area contributed by atoms with Crippen LogP contribution >= 0.6 is 0 Å². The number of nitrogens with zero attached hydrogens (tertiary/aromatic N) is 2. The van der Waals surface area contributed by atoms with Crippen LogP contribution in [0, 0.1) is 5.92 Å². The second-order valence-corrected chi connectivity index (χ2v) is 7.52. The minimum atomic E-state index is -0.205. The zero-order valence-corrected chi connectivity index (χ0v) is 17.0. The highest BCUT2D eigenvalue weighted by Crippen LogP contribution is 2.33. The van der Waals surface area contributed by atoms with Gasteiger partial charge in [0, 0.05) is 32.0 Å². The highest BCUT2D eigenvalue weighted by molar-refractivity contribution is 5.81. The topological polar surface area (TPSA) is 74.3 Å². The van der Waals surface area contributed by atoms with Gasteiger partial charge in [0.25, 0.3) is 0 Å². The fourth-order valence-corrected chi connectivity index (χ4v) is 3.74. The third kappa shape index (κ3) is 5.79. The molecule has 2 N–H and O–H groups in total. The van der Waals surface area contributed by atoms with Crippen molar-refractivity contribution in [2.45, 2.75) is 45.2 Å². The van der Waals surface area contributed by atoms with E-state index < -0.39 is 0 Å². The van der Waals surface area contributed by atoms with E-state index in [1.165, 1.54) is 0 Å². The first-order chi connectivity index (χ1) is 14.2. The van der Waals surface area contributed by atoms with Crippen molar-refractivity contribution < 1.29 is 9.59 Å². The summed E-state index contributed by atoms with van der Waals surface area (Å²) in [7, 11) is 0. The molecular formula is C23H30N4O2. The van der Waals surface area contributed by atoms with Crippen LogP contribution in [0.5, 0.6) is 0 Å². The van der Waals surface area contributed by atoms with Gasteiger partial charge in [0.15, 0.2) is 0 Å². The Morgan fingerprint density at radius 1 is 1.10 bits per heavy atom. The second-order valence-electron chi connectivity index (χ2n) is 7.52. The van der Waals surface area contributed by atoms with Crippen LogP contribution in [0.25, 0.3) is 0 Å². The van der Waals surface area contributed by atoms with E-state index in [1.54, 1.807) is 12.4 Å². The summed E-state index contributed by atoms with van der Waals surface area (Å²) in [4.78, 5) is 31.5. The van der Waals surface area contributed by atoms with Crippen molar-refractivity contribution in [3.63, 3.8) is 0 Å². The van der Waals surface area contributed by atoms with E-state index in [2.05, 4.69) is 34.7 Å². The summed E-state index contributed by atoms with van der Waals surface area (Å²) < 4.78 is 0. The van der Waals surface area contributed by atoms with Crippen LogP contribution in [-0.2, 0) is 11.3 Å². The first-order valence-corrected chi connectivity index (χ1v) is 10.4. The van der Waals surface area contributed by atoms with Crippen molar-refractivity contribution in [3.8, 4) is 0 Å². The van der Waals surface area contributed by atoms with Crippen LogP contribution in [0.2, 0.25) is 0 Å². The lowest BCUT2D eigenvalue weighted by Crippen LogP contribution is -2.50. The molecule has 1 aromatic heterocycles. The first-order valence-electron chi connectivity index (χ1n) is 10.4. The summed E-state index contributed by atoms with van der Waals surface area (Å²) in [6.07, 6.45) is 6.98. The summed E-state index contributed by atoms with van der Waals surface area (Å²) in [5.74, 6) is -0.213. The predicted molar refractivity (Wildman–Crippen MR) is 113 cm³/mol. The van der Waals surface area contributed by atoms with Crippen molar-refractivity contribution in [2.24, 2.45) is 5.92 Å². The van der Waals surface area contributed by atoms with Crippen molar-refractivity contribution in [1.29, 1.82) is 0 Å². The lowest BCUT2D eigenvalue weighted by atomic mass is 9.88. The summed E-state index contributed by atoms with van der Waals surface area (Å²) in [6, 6.07) is 13.8. The number of carbonyl (C=O) groups is 2. The Kier molecular flexibility index (Phi) is 7.61. The number of unbranched alkanes of at least 4 members (excludes halogenated alkanes) is 1. The maximum atomic E-state index is 12.9. The van der Waals surface area contributed by atoms with E-state index in [4.69, 9.17) is 0 Å². The molecule has 3 rings (SSSR count). The van der Waals surface area contributed by atoms with E-state index in [1.807, 2.05) is 35.2 Å². The monoisotopic (exact) mass is 394 g/mol. The Balaban J connectivity index is 1.65. The quantitative estimate of drug-likeness (QED) is 0.704. The number of urea groups is 1. The predicted octanol–water partition coefficient (Wildman–Crippen LogP) is 3.66. The fourth-order valence-electron chi connectivity index (χ4n) is 3.74. The number of hydrogen-bond donors (Lipinski definition) is 2. The van der Waals surface area contributed by atoms with Gasteiger partial charge in [-0.2, -0.15) is 0 Å². The summed E-state index contributed by atoms with van der Waals surface area (Å²) >= 11 is 0. The minimum absolute atomic E-state index is 0.000185. The van der Waals surface area contributed by atoms with Crippen molar-refractivity contribution >= 4 is 11.9 Å². The van der Waals surface area contributed by atoms with Crippen LogP contribution in [0.3, 0.4) is 0 Å². The van der Waals surface area contributed by atoms with Crippen LogP contribution in [0.4, 0.5) is 4.79 Å². The molecule has 1 aliphatic rings. The maximum Gasteiger partial charge on any atom is 0.317 e. The lowest BCUT2D eigenvalue weighted by Gasteiger charge is -2.39. The lowest BCUT2D eigenvalue weighted by molar-refractivity contribution is -0.126. The standard InChI is InChI=1S/C23H30N4O2/c1-2-3-14-25-23(29)27-17-20(11-12-21(27)19-9-5-4-6-10-19)22(28)26-16-18-8-7-13-24-15-18/h4-10,13,15,20-21H,2-3,11-12,14,16-17H2,1H3,(H,25,29)(H,26,28)/t20-,21+/m0/s1. The largest absolute Gasteiger partial charge is 0.352 e. The number of carbonyl (C=O) groups excluding carboxylic acids is 2. The summed E-state index contributed by atoms with van der Waals surface area (Å²) in [5.41, 5.74) is 2.08. The van der Waals surface area contributed by atoms with Gasteiger partial charge < -0.3 is 15.5 Å². The van der Waals surface area contributed by atoms with Crippen LogP contribution in [0.1, 0.15) is 49.8 Å². The summed E-state index contributed by atoms with van der Waals surface area (Å²) in [5, 5.41) is 6.02. The molecule has 2 atom stereocenters. The molecule has 3 amide bonds. The van der Waals surface area contributed by atoms with Crippen LogP contribution in [-0.4, -0.2) is 34.9 Å². The molecule has 1 fully saturated rings. The van der Waals surface area contributed by atoms with Crippen molar-refractivity contribution in [3.05, 3.63) is 66.0 Å². The Hall–Kier alpha value is -2.89. The fraction of sp³-hybridized carbons (Fsp3) is 0.435. The van der Waals surface area contributed by atoms with Crippen LogP contribution < -0.4 is 10.6 Å². The number of nitrogens with one attached hydrogen (secondary N) is 2. The van der Waals surface area contributed by atoms with Gasteiger partial charge >= 0.3 is 6.03 Å². The third-order valence-corrected chi connectivity index (χ3v) is 5.39. The molecule has 0 bridgehead atoms. The van der Waals surface area contributed by atoms with E-state index in [-0.39, 0.29) is 23.9 Å². The number of aromatic nitrogens is 1. The van der Waals surface area contributed by atoms with Gasteiger partial charge in [0.05, 0.1) is 12.0 Å². The zero-order chi connectivity index (χ0) is 20.5. The third-order valence-electron chi connectivity index (χ3n) is 5.39. The number of piperidine rings is 1. The van der Waals surface area contributed by atoms with Crippen molar-refractivity contribution in [2.75, 3.05) is 13.1 Å². The molecular weight excluding hydrogens is 364 g/mol. The molecule has 2 heterocycles. The molecule has 29 heavy (non-hydrogen) atoms. The van der Waals surface area contributed by atoms with E-state index in [0.717, 1.165) is 36.8 Å². The average molecular weight is 395 g/mol. The Bertz CT molecular complexity index is 782. The molecule has 0 saturated carbocycles. The number of pyridine rings is 1.